The van der Waals surface area contributed by atoms with Crippen molar-refractivity contribution in [1.29, 1.82) is 0 Å². The van der Waals surface area contributed by atoms with Gasteiger partial charge >= 0.3 is 5.97 Å². The second-order valence-electron chi connectivity index (χ2n) is 10.7. The summed E-state index contributed by atoms with van der Waals surface area (Å²) in [6.07, 6.45) is 2.03. The largest absolute Gasteiger partial charge is 0.477 e. The molecule has 1 fully saturated rings. The zero-order chi connectivity index (χ0) is 27.1. The molecule has 2 heterocycles. The topological polar surface area (TPSA) is 72.4 Å². The molecule has 0 aromatic heterocycles. The minimum atomic E-state index is -0.428. The molecular formula is C30H40ClN3O4. The predicted octanol–water partition coefficient (Wildman–Crippen LogP) is 4.66. The Hall–Kier alpha value is -2.45. The zero-order valence-electron chi connectivity index (χ0n) is 22.9. The van der Waals surface area contributed by atoms with E-state index in [9.17, 15) is 4.79 Å². The third-order valence-corrected chi connectivity index (χ3v) is 7.62. The molecule has 1 saturated heterocycles. The quantitative estimate of drug-likeness (QED) is 0.394. The van der Waals surface area contributed by atoms with Crippen molar-refractivity contribution in [2.45, 2.75) is 76.5 Å². The van der Waals surface area contributed by atoms with Crippen molar-refractivity contribution in [3.8, 4) is 0 Å². The Morgan fingerprint density at radius 3 is 2.71 bits per heavy atom. The highest BCUT2D eigenvalue weighted by atomic mass is 35.5. The third kappa shape index (κ3) is 7.56. The molecule has 206 valence electrons. The number of aliphatic imine (C=N–C) groups is 1. The molecule has 0 aliphatic carbocycles. The van der Waals surface area contributed by atoms with Gasteiger partial charge in [-0.15, -0.1) is 0 Å². The smallest absolute Gasteiger partial charge is 0.323 e. The van der Waals surface area contributed by atoms with Crippen LogP contribution in [-0.4, -0.2) is 73.3 Å². The number of hydrogen-bond acceptors (Lipinski definition) is 7. The predicted molar refractivity (Wildman–Crippen MR) is 151 cm³/mol. The van der Waals surface area contributed by atoms with Crippen molar-refractivity contribution < 1.29 is 19.0 Å². The summed E-state index contributed by atoms with van der Waals surface area (Å²) in [5, 5.41) is 3.70. The second kappa shape index (κ2) is 13.1. The van der Waals surface area contributed by atoms with Crippen LogP contribution in [0.5, 0.6) is 0 Å². The summed E-state index contributed by atoms with van der Waals surface area (Å²) in [5.74, 6) is 0.491. The van der Waals surface area contributed by atoms with Gasteiger partial charge in [-0.3, -0.25) is 9.69 Å². The van der Waals surface area contributed by atoms with Crippen LogP contribution in [-0.2, 0) is 32.0 Å². The molecule has 38 heavy (non-hydrogen) atoms. The molecule has 0 bridgehead atoms. The van der Waals surface area contributed by atoms with Crippen LogP contribution in [0.3, 0.4) is 0 Å². The van der Waals surface area contributed by atoms with Gasteiger partial charge in [0.25, 0.3) is 0 Å². The van der Waals surface area contributed by atoms with Crippen molar-refractivity contribution in [2.24, 2.45) is 4.99 Å². The van der Waals surface area contributed by atoms with Gasteiger partial charge in [-0.1, -0.05) is 54.1 Å². The van der Waals surface area contributed by atoms with Gasteiger partial charge < -0.3 is 19.5 Å². The van der Waals surface area contributed by atoms with E-state index in [1.165, 1.54) is 0 Å². The van der Waals surface area contributed by atoms with Crippen molar-refractivity contribution in [3.63, 3.8) is 0 Å². The maximum absolute atomic E-state index is 12.7. The summed E-state index contributed by atoms with van der Waals surface area (Å²) in [6.45, 7) is 8.34. The number of esters is 1. The fourth-order valence-electron chi connectivity index (χ4n) is 5.02. The number of carbonyl (C=O) groups excluding carboxylic acids is 1. The number of likely N-dealkylation sites (N-methyl/N-ethyl adjacent to an activating group) is 1. The van der Waals surface area contributed by atoms with Gasteiger partial charge in [0.05, 0.1) is 24.3 Å². The third-order valence-electron chi connectivity index (χ3n) is 7.38. The number of likely N-dealkylation sites (tertiary alicyclic amines) is 1. The number of carbonyl (C=O) groups is 1. The van der Waals surface area contributed by atoms with Crippen LogP contribution in [0.4, 0.5) is 0 Å². The van der Waals surface area contributed by atoms with E-state index in [4.69, 9.17) is 30.8 Å². The Morgan fingerprint density at radius 1 is 1.21 bits per heavy atom. The van der Waals surface area contributed by atoms with Gasteiger partial charge in [-0.2, -0.15) is 0 Å². The lowest BCUT2D eigenvalue weighted by Gasteiger charge is -2.32. The fourth-order valence-corrected chi connectivity index (χ4v) is 5.24. The Labute approximate surface area is 231 Å². The lowest BCUT2D eigenvalue weighted by molar-refractivity contribution is -0.161. The highest BCUT2D eigenvalue weighted by Crippen LogP contribution is 2.30. The van der Waals surface area contributed by atoms with Gasteiger partial charge in [0, 0.05) is 18.0 Å². The summed E-state index contributed by atoms with van der Waals surface area (Å²) in [7, 11) is 1.75. The molecule has 0 amide bonds. The van der Waals surface area contributed by atoms with E-state index in [2.05, 4.69) is 23.2 Å². The molecule has 2 aliphatic rings. The molecule has 2 aromatic carbocycles. The van der Waals surface area contributed by atoms with Crippen LogP contribution in [0.2, 0.25) is 5.02 Å². The van der Waals surface area contributed by atoms with Gasteiger partial charge in [0.2, 0.25) is 5.90 Å². The number of halogens is 1. The van der Waals surface area contributed by atoms with Crippen molar-refractivity contribution in [2.75, 3.05) is 26.7 Å². The van der Waals surface area contributed by atoms with Crippen LogP contribution in [0, 0.1) is 0 Å². The number of benzene rings is 2. The average Bonchev–Trinajstić information content (AvgIpc) is 3.53. The SMILES string of the molecule is CNC(C)C(=O)OC(CN1CCCC1C1=N[C@](C)(Cc2cccc(Cl)c2)CO1)C(C)OCc1ccccc1. The van der Waals surface area contributed by atoms with Crippen LogP contribution in [0.1, 0.15) is 44.7 Å². The Kier molecular flexibility index (Phi) is 9.82. The fraction of sp³-hybridized carbons (Fsp3) is 0.533. The van der Waals surface area contributed by atoms with Gasteiger partial charge in [-0.05, 0) is 70.5 Å². The molecule has 4 rings (SSSR count). The first kappa shape index (κ1) is 28.6. The maximum Gasteiger partial charge on any atom is 0.323 e. The lowest BCUT2D eigenvalue weighted by atomic mass is 9.95. The molecule has 8 heteroatoms. The number of rotatable bonds is 12. The van der Waals surface area contributed by atoms with Crippen molar-refractivity contribution >= 4 is 23.5 Å². The van der Waals surface area contributed by atoms with E-state index in [-0.39, 0.29) is 23.7 Å². The van der Waals surface area contributed by atoms with Crippen LogP contribution < -0.4 is 5.32 Å². The monoisotopic (exact) mass is 541 g/mol. The molecule has 1 N–H and O–H groups in total. The first-order valence-corrected chi connectivity index (χ1v) is 13.9. The number of ether oxygens (including phenoxy) is 3. The van der Waals surface area contributed by atoms with Crippen molar-refractivity contribution in [3.05, 3.63) is 70.7 Å². The van der Waals surface area contributed by atoms with Crippen molar-refractivity contribution in [1.82, 2.24) is 10.2 Å². The zero-order valence-corrected chi connectivity index (χ0v) is 23.6. The van der Waals surface area contributed by atoms with E-state index in [0.29, 0.717) is 19.8 Å². The summed E-state index contributed by atoms with van der Waals surface area (Å²) in [5.41, 5.74) is 1.89. The van der Waals surface area contributed by atoms with Crippen LogP contribution >= 0.6 is 11.6 Å². The Bertz CT molecular complexity index is 1100. The van der Waals surface area contributed by atoms with E-state index < -0.39 is 12.1 Å². The Balaban J connectivity index is 1.44. The molecule has 0 saturated carbocycles. The minimum Gasteiger partial charge on any atom is -0.477 e. The molecule has 4 unspecified atom stereocenters. The first-order valence-electron chi connectivity index (χ1n) is 13.5. The summed E-state index contributed by atoms with van der Waals surface area (Å²) in [4.78, 5) is 20.1. The molecular weight excluding hydrogens is 502 g/mol. The lowest BCUT2D eigenvalue weighted by Crippen LogP contribution is -2.48. The van der Waals surface area contributed by atoms with E-state index >= 15 is 0 Å². The average molecular weight is 542 g/mol. The van der Waals surface area contributed by atoms with Gasteiger partial charge in [0.15, 0.2) is 0 Å². The Morgan fingerprint density at radius 2 is 1.97 bits per heavy atom. The standard InChI is InChI=1S/C30H40ClN3O4/c1-21(32-4)29(35)38-27(22(2)36-19-23-10-6-5-7-11-23)18-34-15-9-14-26(34)28-33-30(3,20-37-28)17-24-12-8-13-25(31)16-24/h5-8,10-13,16,21-22,26-27,32H,9,14-15,17-20H2,1-4H3/t21?,22?,26?,27?,30-/m1/s1. The van der Waals surface area contributed by atoms with Crippen LogP contribution in [0.25, 0.3) is 0 Å². The van der Waals surface area contributed by atoms with Gasteiger partial charge in [-0.25, -0.2) is 4.99 Å². The molecule has 2 aromatic rings. The minimum absolute atomic E-state index is 0.0560. The van der Waals surface area contributed by atoms with E-state index in [1.54, 1.807) is 14.0 Å². The summed E-state index contributed by atoms with van der Waals surface area (Å²) >= 11 is 6.20. The molecule has 5 atom stereocenters. The number of nitrogens with one attached hydrogen (secondary N) is 1. The highest BCUT2D eigenvalue weighted by Gasteiger charge is 2.40. The highest BCUT2D eigenvalue weighted by molar-refractivity contribution is 6.30. The summed E-state index contributed by atoms with van der Waals surface area (Å²) < 4.78 is 18.4. The van der Waals surface area contributed by atoms with Gasteiger partial charge in [0.1, 0.15) is 18.8 Å². The molecule has 0 radical (unpaired) electrons. The van der Waals surface area contributed by atoms with Crippen LogP contribution in [0.15, 0.2) is 59.6 Å². The number of nitrogens with zero attached hydrogens (tertiary/aromatic N) is 2. The second-order valence-corrected chi connectivity index (χ2v) is 11.1. The van der Waals surface area contributed by atoms with E-state index in [1.807, 2.05) is 55.5 Å². The summed E-state index contributed by atoms with van der Waals surface area (Å²) in [6, 6.07) is 17.6. The maximum atomic E-state index is 12.7. The molecule has 7 nitrogen and oxygen atoms in total. The number of hydrogen-bond donors (Lipinski definition) is 1. The van der Waals surface area contributed by atoms with E-state index in [0.717, 1.165) is 47.9 Å². The first-order chi connectivity index (χ1) is 18.3. The molecule has 0 spiro atoms. The normalized spacial score (nSPS) is 23.9. The molecule has 2 aliphatic heterocycles.